The van der Waals surface area contributed by atoms with E-state index >= 15 is 0 Å². The van der Waals surface area contributed by atoms with Gasteiger partial charge in [-0.3, -0.25) is 0 Å². The molecule has 7 rings (SSSR count). The number of aromatic nitrogens is 3. The Bertz CT molecular complexity index is 1300. The van der Waals surface area contributed by atoms with Crippen molar-refractivity contribution in [2.75, 3.05) is 0 Å². The summed E-state index contributed by atoms with van der Waals surface area (Å²) in [5.41, 5.74) is 3.68. The third kappa shape index (κ3) is 2.45. The second kappa shape index (κ2) is 6.35. The fourth-order valence-corrected chi connectivity index (χ4v) is 9.13. The second-order valence-electron chi connectivity index (χ2n) is 12.4. The van der Waals surface area contributed by atoms with E-state index in [9.17, 15) is 9.50 Å². The molecule has 2 aromatic heterocycles. The molecule has 5 heteroatoms. The lowest BCUT2D eigenvalue weighted by Gasteiger charge is -2.61. The summed E-state index contributed by atoms with van der Waals surface area (Å²) in [6, 6.07) is 5.11. The fraction of sp³-hybridized carbons (Fsp3) is 0.643. The van der Waals surface area contributed by atoms with Gasteiger partial charge in [-0.05, 0) is 110 Å². The van der Waals surface area contributed by atoms with Gasteiger partial charge in [-0.2, -0.15) is 5.10 Å². The number of hydrogen-bond acceptors (Lipinski definition) is 3. The minimum atomic E-state index is -0.521. The van der Waals surface area contributed by atoms with E-state index in [0.717, 1.165) is 31.6 Å². The third-order valence-corrected chi connectivity index (χ3v) is 11.2. The summed E-state index contributed by atoms with van der Waals surface area (Å²) in [5.74, 6) is 2.46. The molecule has 3 fully saturated rings. The molecule has 0 radical (unpaired) electrons. The Morgan fingerprint density at radius 1 is 1.06 bits per heavy atom. The summed E-state index contributed by atoms with van der Waals surface area (Å²) >= 11 is 0. The molecule has 1 aromatic carbocycles. The summed E-state index contributed by atoms with van der Waals surface area (Å²) in [7, 11) is 0. The molecule has 7 atom stereocenters. The number of halogens is 1. The Morgan fingerprint density at radius 2 is 1.88 bits per heavy atom. The highest BCUT2D eigenvalue weighted by Gasteiger charge is 2.63. The summed E-state index contributed by atoms with van der Waals surface area (Å²) in [6.07, 6.45) is 11.1. The van der Waals surface area contributed by atoms with Gasteiger partial charge in [0.25, 0.3) is 0 Å². The maximum absolute atomic E-state index is 14.6. The Labute approximate surface area is 194 Å². The molecule has 1 N–H and O–H groups in total. The maximum atomic E-state index is 14.6. The lowest BCUT2D eigenvalue weighted by atomic mass is 9.44. The average molecular weight is 448 g/mol. The fourth-order valence-electron chi connectivity index (χ4n) is 9.13. The minimum absolute atomic E-state index is 0.0664. The van der Waals surface area contributed by atoms with Gasteiger partial charge >= 0.3 is 0 Å². The van der Waals surface area contributed by atoms with Gasteiger partial charge in [0, 0.05) is 11.9 Å². The number of aliphatic hydroxyl groups is 1. The van der Waals surface area contributed by atoms with Crippen molar-refractivity contribution in [2.24, 2.45) is 34.5 Å². The summed E-state index contributed by atoms with van der Waals surface area (Å²) in [5, 5.41) is 16.5. The van der Waals surface area contributed by atoms with Crippen LogP contribution in [0.15, 0.2) is 24.4 Å². The van der Waals surface area contributed by atoms with E-state index in [-0.39, 0.29) is 16.6 Å². The first-order chi connectivity index (χ1) is 15.7. The summed E-state index contributed by atoms with van der Waals surface area (Å²) in [4.78, 5) is 4.73. The van der Waals surface area contributed by atoms with Gasteiger partial charge in [0.05, 0.1) is 16.5 Å². The molecule has 0 unspecified atom stereocenters. The largest absolute Gasteiger partial charge is 0.390 e. The van der Waals surface area contributed by atoms with Crippen molar-refractivity contribution >= 4 is 16.6 Å². The van der Waals surface area contributed by atoms with Gasteiger partial charge in [0.2, 0.25) is 0 Å². The number of benzene rings is 1. The normalized spacial score (nSPS) is 42.1. The van der Waals surface area contributed by atoms with Gasteiger partial charge in [-0.25, -0.2) is 13.9 Å². The van der Waals surface area contributed by atoms with Crippen molar-refractivity contribution in [2.45, 2.75) is 77.7 Å². The molecule has 4 aliphatic rings. The number of fused-ring (bicyclic) bond motifs is 10. The van der Waals surface area contributed by atoms with Crippen LogP contribution in [0.2, 0.25) is 0 Å². The van der Waals surface area contributed by atoms with Gasteiger partial charge in [-0.15, -0.1) is 0 Å². The van der Waals surface area contributed by atoms with Crippen LogP contribution in [0.4, 0.5) is 4.39 Å². The molecule has 4 aliphatic carbocycles. The monoisotopic (exact) mass is 447 g/mol. The number of nitrogens with zero attached hydrogens (tertiary/aromatic N) is 3. The predicted octanol–water partition coefficient (Wildman–Crippen LogP) is 5.73. The molecule has 0 spiro atoms. The Hall–Kier alpha value is -2.01. The molecule has 174 valence electrons. The van der Waals surface area contributed by atoms with Crippen molar-refractivity contribution in [1.82, 2.24) is 14.6 Å². The second-order valence-corrected chi connectivity index (χ2v) is 12.4. The highest BCUT2D eigenvalue weighted by Crippen LogP contribution is 2.67. The predicted molar refractivity (Wildman–Crippen MR) is 126 cm³/mol. The zero-order valence-corrected chi connectivity index (χ0v) is 19.9. The lowest BCUT2D eigenvalue weighted by molar-refractivity contribution is -0.139. The van der Waals surface area contributed by atoms with E-state index < -0.39 is 5.60 Å². The van der Waals surface area contributed by atoms with Gasteiger partial charge in [0.15, 0.2) is 5.65 Å². The van der Waals surface area contributed by atoms with E-state index in [1.807, 2.05) is 16.8 Å². The van der Waals surface area contributed by atoms with Crippen LogP contribution >= 0.6 is 0 Å². The van der Waals surface area contributed by atoms with E-state index in [0.29, 0.717) is 34.3 Å². The minimum Gasteiger partial charge on any atom is -0.390 e. The van der Waals surface area contributed by atoms with Crippen molar-refractivity contribution < 1.29 is 9.50 Å². The molecule has 0 saturated heterocycles. The van der Waals surface area contributed by atoms with Crippen LogP contribution in [0, 0.1) is 40.3 Å². The van der Waals surface area contributed by atoms with Crippen LogP contribution in [0.25, 0.3) is 16.6 Å². The van der Waals surface area contributed by atoms with Crippen molar-refractivity contribution in [3.8, 4) is 0 Å². The Morgan fingerprint density at radius 3 is 2.73 bits per heavy atom. The van der Waals surface area contributed by atoms with Crippen molar-refractivity contribution in [1.29, 1.82) is 0 Å². The van der Waals surface area contributed by atoms with Gasteiger partial charge in [0.1, 0.15) is 5.82 Å². The quantitative estimate of drug-likeness (QED) is 0.479. The first-order valence-corrected chi connectivity index (χ1v) is 12.9. The van der Waals surface area contributed by atoms with Crippen molar-refractivity contribution in [3.05, 3.63) is 41.5 Å². The first kappa shape index (κ1) is 20.4. The average Bonchev–Trinajstić information content (AvgIpc) is 3.27. The molecule has 3 aromatic rings. The highest BCUT2D eigenvalue weighted by molar-refractivity contribution is 5.92. The van der Waals surface area contributed by atoms with Crippen LogP contribution < -0.4 is 0 Å². The zero-order valence-electron chi connectivity index (χ0n) is 19.9. The molecule has 4 nitrogen and oxygen atoms in total. The third-order valence-electron chi connectivity index (χ3n) is 11.2. The molecule has 2 heterocycles. The molecule has 0 aliphatic heterocycles. The topological polar surface area (TPSA) is 50.4 Å². The van der Waals surface area contributed by atoms with E-state index in [1.54, 1.807) is 6.07 Å². The SMILES string of the molecule is C[C@]12Cc3cnc4c5c(F)cccc5nn4c3C[C@@H]1CC[C@H]1[C@H]3CC[C@@](C)(O)[C@]3(C)CC[C@@H]12. The maximum Gasteiger partial charge on any atom is 0.166 e. The van der Waals surface area contributed by atoms with Crippen molar-refractivity contribution in [3.63, 3.8) is 0 Å². The summed E-state index contributed by atoms with van der Waals surface area (Å²) < 4.78 is 16.5. The first-order valence-electron chi connectivity index (χ1n) is 12.9. The van der Waals surface area contributed by atoms with E-state index in [4.69, 9.17) is 10.1 Å². The van der Waals surface area contributed by atoms with Gasteiger partial charge < -0.3 is 5.11 Å². The van der Waals surface area contributed by atoms with Gasteiger partial charge in [-0.1, -0.05) is 19.9 Å². The van der Waals surface area contributed by atoms with Crippen LogP contribution in [0.5, 0.6) is 0 Å². The number of hydrogen-bond donors (Lipinski definition) is 1. The molecular weight excluding hydrogens is 413 g/mol. The molecule has 0 amide bonds. The van der Waals surface area contributed by atoms with Crippen LogP contribution in [0.1, 0.15) is 70.6 Å². The number of rotatable bonds is 0. The lowest BCUT2D eigenvalue weighted by Crippen LogP contribution is -2.56. The molecular formula is C28H34FN3O. The smallest absolute Gasteiger partial charge is 0.166 e. The molecule has 33 heavy (non-hydrogen) atoms. The van der Waals surface area contributed by atoms with E-state index in [1.165, 1.54) is 43.0 Å². The van der Waals surface area contributed by atoms with Crippen LogP contribution in [-0.4, -0.2) is 25.3 Å². The van der Waals surface area contributed by atoms with Crippen LogP contribution in [-0.2, 0) is 12.8 Å². The Kier molecular flexibility index (Phi) is 3.92. The summed E-state index contributed by atoms with van der Waals surface area (Å²) in [6.45, 7) is 7.00. The van der Waals surface area contributed by atoms with Crippen LogP contribution in [0.3, 0.4) is 0 Å². The standard InChI is InChI=1S/C28H34FN3O/c1-26-14-16-15-30-25-24-21(29)5-4-6-22(24)31-32(25)23(16)13-17(26)7-8-18-19(26)9-11-27(2)20(18)10-12-28(27,3)33/h4-6,15,17-20,33H,7-14H2,1-3H3/t17-,18+,19-,20+,26-,27+,28+/m0/s1. The van der Waals surface area contributed by atoms with E-state index in [2.05, 4.69) is 20.8 Å². The zero-order chi connectivity index (χ0) is 22.8. The molecule has 3 saturated carbocycles. The molecule has 0 bridgehead atoms. The highest BCUT2D eigenvalue weighted by atomic mass is 19.1. The Balaban J connectivity index is 1.30.